The Balaban J connectivity index is 2.22. The minimum atomic E-state index is -4.46. The Morgan fingerprint density at radius 1 is 1.27 bits per heavy atom. The molecule has 3 nitrogen and oxygen atoms in total. The van der Waals surface area contributed by atoms with Crippen molar-refractivity contribution in [2.75, 3.05) is 5.32 Å². The van der Waals surface area contributed by atoms with Crippen molar-refractivity contribution in [1.29, 1.82) is 0 Å². The molecule has 0 radical (unpaired) electrons. The predicted molar refractivity (Wildman–Crippen MR) is 80.2 cm³/mol. The molecule has 1 aromatic carbocycles. The van der Waals surface area contributed by atoms with E-state index in [4.69, 9.17) is 11.6 Å². The van der Waals surface area contributed by atoms with E-state index < -0.39 is 11.7 Å². The molecule has 0 aliphatic rings. The molecular weight excluding hydrogens is 317 g/mol. The Morgan fingerprint density at radius 3 is 2.64 bits per heavy atom. The molecule has 0 aliphatic heterocycles. The highest BCUT2D eigenvalue weighted by Gasteiger charge is 2.31. The lowest BCUT2D eigenvalue weighted by molar-refractivity contribution is -0.137. The number of alkyl halides is 3. The van der Waals surface area contributed by atoms with Crippen LogP contribution < -0.4 is 10.9 Å². The van der Waals surface area contributed by atoms with E-state index in [0.29, 0.717) is 17.8 Å². The van der Waals surface area contributed by atoms with Gasteiger partial charge in [-0.1, -0.05) is 11.6 Å². The molecule has 0 bridgehead atoms. The number of nitrogens with zero attached hydrogens (tertiary/aromatic N) is 1. The summed E-state index contributed by atoms with van der Waals surface area (Å²) in [4.78, 5) is 12.0. The molecule has 118 valence electrons. The van der Waals surface area contributed by atoms with Gasteiger partial charge in [0.15, 0.2) is 0 Å². The summed E-state index contributed by atoms with van der Waals surface area (Å²) in [5.74, 6) is 0. The molecule has 0 saturated heterocycles. The zero-order valence-corrected chi connectivity index (χ0v) is 12.5. The maximum atomic E-state index is 12.7. The molecule has 0 spiro atoms. The molecular formula is C15H14ClF3N2O. The van der Waals surface area contributed by atoms with Crippen LogP contribution in [0.2, 0.25) is 5.02 Å². The average molecular weight is 331 g/mol. The van der Waals surface area contributed by atoms with Crippen molar-refractivity contribution in [2.45, 2.75) is 26.2 Å². The van der Waals surface area contributed by atoms with E-state index in [9.17, 15) is 18.0 Å². The van der Waals surface area contributed by atoms with Gasteiger partial charge in [0.05, 0.1) is 5.56 Å². The van der Waals surface area contributed by atoms with Gasteiger partial charge in [-0.05, 0) is 42.8 Å². The van der Waals surface area contributed by atoms with Crippen molar-refractivity contribution in [3.63, 3.8) is 0 Å². The molecule has 2 rings (SSSR count). The molecule has 0 aliphatic carbocycles. The zero-order valence-electron chi connectivity index (χ0n) is 11.7. The zero-order chi connectivity index (χ0) is 16.3. The molecule has 0 saturated carbocycles. The van der Waals surface area contributed by atoms with Crippen LogP contribution >= 0.6 is 11.6 Å². The minimum absolute atomic E-state index is 0.00524. The molecule has 0 unspecified atom stereocenters. The van der Waals surface area contributed by atoms with Crippen LogP contribution in [0.3, 0.4) is 0 Å². The fraction of sp³-hybridized carbons (Fsp3) is 0.267. The van der Waals surface area contributed by atoms with Gasteiger partial charge in [0, 0.05) is 24.3 Å². The van der Waals surface area contributed by atoms with Gasteiger partial charge in [0.1, 0.15) is 5.69 Å². The van der Waals surface area contributed by atoms with Gasteiger partial charge < -0.3 is 9.88 Å². The van der Waals surface area contributed by atoms with Crippen LogP contribution in [0.15, 0.2) is 41.3 Å². The lowest BCUT2D eigenvalue weighted by atomic mass is 10.1. The molecule has 1 heterocycles. The van der Waals surface area contributed by atoms with Crippen molar-refractivity contribution in [3.8, 4) is 0 Å². The minimum Gasteiger partial charge on any atom is -0.377 e. The molecule has 22 heavy (non-hydrogen) atoms. The maximum Gasteiger partial charge on any atom is 0.416 e. The first-order valence-corrected chi connectivity index (χ1v) is 6.99. The second-order valence-corrected chi connectivity index (χ2v) is 5.15. The first kappa shape index (κ1) is 16.4. The van der Waals surface area contributed by atoms with Gasteiger partial charge >= 0.3 is 6.18 Å². The van der Waals surface area contributed by atoms with E-state index >= 15 is 0 Å². The van der Waals surface area contributed by atoms with Gasteiger partial charge in [-0.3, -0.25) is 4.79 Å². The number of halogens is 4. The van der Waals surface area contributed by atoms with Crippen molar-refractivity contribution in [2.24, 2.45) is 0 Å². The van der Waals surface area contributed by atoms with Gasteiger partial charge in [0.2, 0.25) is 0 Å². The number of nitrogens with one attached hydrogen (secondary N) is 1. The number of benzene rings is 1. The fourth-order valence-corrected chi connectivity index (χ4v) is 2.29. The lowest BCUT2D eigenvalue weighted by Gasteiger charge is -2.12. The smallest absolute Gasteiger partial charge is 0.377 e. The van der Waals surface area contributed by atoms with E-state index in [2.05, 4.69) is 5.32 Å². The summed E-state index contributed by atoms with van der Waals surface area (Å²) in [5, 5.41) is 2.86. The topological polar surface area (TPSA) is 34.0 Å². The predicted octanol–water partition coefficient (Wildman–Crippen LogP) is 4.15. The molecule has 1 aromatic heterocycles. The highest BCUT2D eigenvalue weighted by Crippen LogP contribution is 2.32. The highest BCUT2D eigenvalue weighted by atomic mass is 35.5. The number of hydrogen-bond acceptors (Lipinski definition) is 2. The van der Waals surface area contributed by atoms with Crippen LogP contribution in [-0.2, 0) is 19.3 Å². The Morgan fingerprint density at radius 2 is 2.00 bits per heavy atom. The quantitative estimate of drug-likeness (QED) is 0.913. The summed E-state index contributed by atoms with van der Waals surface area (Å²) in [6, 6.07) is 6.61. The van der Waals surface area contributed by atoms with E-state index in [1.165, 1.54) is 10.6 Å². The third-order valence-corrected chi connectivity index (χ3v) is 3.35. The SMILES string of the molecule is CCn1cccc(NCc2cc(Cl)cc(C(F)(F)F)c2)c1=O. The normalized spacial score (nSPS) is 11.5. The van der Waals surface area contributed by atoms with Crippen LogP contribution in [0.25, 0.3) is 0 Å². The van der Waals surface area contributed by atoms with Crippen molar-refractivity contribution >= 4 is 17.3 Å². The largest absolute Gasteiger partial charge is 0.416 e. The molecule has 0 fully saturated rings. The molecule has 2 aromatic rings. The number of pyridine rings is 1. The molecule has 0 amide bonds. The lowest BCUT2D eigenvalue weighted by Crippen LogP contribution is -2.22. The maximum absolute atomic E-state index is 12.7. The highest BCUT2D eigenvalue weighted by molar-refractivity contribution is 6.30. The summed E-state index contributed by atoms with van der Waals surface area (Å²) < 4.78 is 39.7. The third kappa shape index (κ3) is 3.82. The summed E-state index contributed by atoms with van der Waals surface area (Å²) in [5.41, 5.74) is -0.345. The van der Waals surface area contributed by atoms with Gasteiger partial charge in [0.25, 0.3) is 5.56 Å². The van der Waals surface area contributed by atoms with Crippen LogP contribution in [0, 0.1) is 0 Å². The standard InChI is InChI=1S/C15H14ClF3N2O/c1-2-21-5-3-4-13(14(21)22)20-9-10-6-11(15(17,18)19)8-12(16)7-10/h3-8,20H,2,9H2,1H3. The van der Waals surface area contributed by atoms with Crippen molar-refractivity contribution in [1.82, 2.24) is 4.57 Å². The summed E-state index contributed by atoms with van der Waals surface area (Å²) in [6.45, 7) is 2.42. The number of anilines is 1. The fourth-order valence-electron chi connectivity index (χ4n) is 2.03. The van der Waals surface area contributed by atoms with Crippen LogP contribution in [-0.4, -0.2) is 4.57 Å². The summed E-state index contributed by atoms with van der Waals surface area (Å²) in [7, 11) is 0. The Hall–Kier alpha value is -1.95. The van der Waals surface area contributed by atoms with E-state index in [1.807, 2.05) is 6.92 Å². The monoisotopic (exact) mass is 330 g/mol. The number of aromatic nitrogens is 1. The van der Waals surface area contributed by atoms with Gasteiger partial charge in [-0.2, -0.15) is 13.2 Å². The Labute approximate surface area is 130 Å². The van der Waals surface area contributed by atoms with Crippen molar-refractivity contribution < 1.29 is 13.2 Å². The molecule has 7 heteroatoms. The summed E-state index contributed by atoms with van der Waals surface area (Å²) >= 11 is 5.72. The van der Waals surface area contributed by atoms with Crippen LogP contribution in [0.5, 0.6) is 0 Å². The average Bonchev–Trinajstić information content (AvgIpc) is 2.45. The second kappa shape index (κ2) is 6.44. The van der Waals surface area contributed by atoms with Crippen LogP contribution in [0.4, 0.5) is 18.9 Å². The van der Waals surface area contributed by atoms with Gasteiger partial charge in [-0.25, -0.2) is 0 Å². The number of hydrogen-bond donors (Lipinski definition) is 1. The molecule has 0 atom stereocenters. The first-order valence-electron chi connectivity index (χ1n) is 6.61. The van der Waals surface area contributed by atoms with Crippen molar-refractivity contribution in [3.05, 3.63) is 63.0 Å². The summed E-state index contributed by atoms with van der Waals surface area (Å²) in [6.07, 6.45) is -2.81. The Bertz CT molecular complexity index is 725. The van der Waals surface area contributed by atoms with Gasteiger partial charge in [-0.15, -0.1) is 0 Å². The Kier molecular flexibility index (Phi) is 4.81. The third-order valence-electron chi connectivity index (χ3n) is 3.13. The van der Waals surface area contributed by atoms with E-state index in [0.717, 1.165) is 12.1 Å². The number of aryl methyl sites for hydroxylation is 1. The number of rotatable bonds is 4. The van der Waals surface area contributed by atoms with E-state index in [1.54, 1.807) is 18.3 Å². The second-order valence-electron chi connectivity index (χ2n) is 4.71. The van der Waals surface area contributed by atoms with E-state index in [-0.39, 0.29) is 17.1 Å². The molecule has 1 N–H and O–H groups in total. The first-order chi connectivity index (χ1) is 10.3. The van der Waals surface area contributed by atoms with Crippen LogP contribution in [0.1, 0.15) is 18.1 Å².